The molecule has 204 valence electrons. The quantitative estimate of drug-likeness (QED) is 0.296. The first-order valence-electron chi connectivity index (χ1n) is 12.8. The number of thiazole rings is 1. The highest BCUT2D eigenvalue weighted by Crippen LogP contribution is 2.40. The van der Waals surface area contributed by atoms with Crippen molar-refractivity contribution in [1.29, 1.82) is 0 Å². The van der Waals surface area contributed by atoms with Crippen molar-refractivity contribution in [3.63, 3.8) is 0 Å². The highest BCUT2D eigenvalue weighted by Gasteiger charge is 2.35. The molecule has 1 saturated heterocycles. The summed E-state index contributed by atoms with van der Waals surface area (Å²) in [5.41, 5.74) is 2.26. The normalized spacial score (nSPS) is 17.3. The van der Waals surface area contributed by atoms with E-state index in [0.717, 1.165) is 27.3 Å². The van der Waals surface area contributed by atoms with E-state index in [1.807, 2.05) is 19.1 Å². The number of amides is 1. The maximum absolute atomic E-state index is 14.7. The molecule has 0 bridgehead atoms. The third-order valence-electron chi connectivity index (χ3n) is 6.68. The Morgan fingerprint density at radius 3 is 2.82 bits per heavy atom. The summed E-state index contributed by atoms with van der Waals surface area (Å²) in [6, 6.07) is 10.0. The van der Waals surface area contributed by atoms with Crippen LogP contribution in [0.3, 0.4) is 0 Å². The van der Waals surface area contributed by atoms with Crippen molar-refractivity contribution in [3.8, 4) is 17.1 Å². The van der Waals surface area contributed by atoms with Crippen LogP contribution in [-0.4, -0.2) is 64.4 Å². The maximum Gasteiger partial charge on any atom is 0.274 e. The van der Waals surface area contributed by atoms with E-state index in [2.05, 4.69) is 39.3 Å². The number of ether oxygens (including phenoxy) is 1. The van der Waals surface area contributed by atoms with Gasteiger partial charge in [-0.3, -0.25) is 4.79 Å². The average Bonchev–Trinajstić information content (AvgIpc) is 3.49. The van der Waals surface area contributed by atoms with Crippen LogP contribution in [0.1, 0.15) is 35.8 Å². The van der Waals surface area contributed by atoms with Crippen LogP contribution in [0.25, 0.3) is 21.6 Å². The number of nitrogens with one attached hydrogen (secondary N) is 2. The van der Waals surface area contributed by atoms with E-state index >= 15 is 0 Å². The Bertz CT molecular complexity index is 1510. The molecule has 1 aliphatic heterocycles. The molecule has 5 rings (SSSR count). The second-order valence-corrected chi connectivity index (χ2v) is 11.1. The fourth-order valence-corrected chi connectivity index (χ4v) is 5.95. The minimum Gasteiger partial charge on any atom is -0.496 e. The zero-order valence-corrected chi connectivity index (χ0v) is 23.1. The minimum absolute atomic E-state index is 0.0249. The van der Waals surface area contributed by atoms with Crippen LogP contribution in [0.2, 0.25) is 0 Å². The Morgan fingerprint density at radius 1 is 1.26 bits per heavy atom. The molecular weight excluding hydrogens is 519 g/mol. The lowest BCUT2D eigenvalue weighted by Crippen LogP contribution is -2.37. The third-order valence-corrected chi connectivity index (χ3v) is 7.61. The summed E-state index contributed by atoms with van der Waals surface area (Å²) in [4.78, 5) is 28.9. The number of carbonyl (C=O) groups excluding carboxylic acids is 1. The molecule has 0 radical (unpaired) electrons. The molecule has 2 aromatic carbocycles. The van der Waals surface area contributed by atoms with E-state index in [4.69, 9.17) is 9.72 Å². The summed E-state index contributed by atoms with van der Waals surface area (Å²) in [5, 5.41) is 17.7. The fourth-order valence-electron chi connectivity index (χ4n) is 5.12. The zero-order chi connectivity index (χ0) is 27.7. The molecule has 0 unspecified atom stereocenters. The molecule has 1 aliphatic rings. The Hall–Kier alpha value is -3.67. The van der Waals surface area contributed by atoms with E-state index in [-0.39, 0.29) is 41.5 Å². The lowest BCUT2D eigenvalue weighted by molar-refractivity contribution is 0.102. The standard InChI is InChI=1S/C28H31FN6O3S/c1-15(2)31-17-12-18(14-36)35(13-17)26-20(8-9-23-25(26)32-16(3)39-23)34-28(37)21-10-11-30-27(33-21)24-19(29)6-5-7-22(24)38-4/h5-11,15,17-18,31,36H,12-14H2,1-4H3,(H,34,37)/t17-,18+/m1/s1. The van der Waals surface area contributed by atoms with E-state index in [9.17, 15) is 14.3 Å². The van der Waals surface area contributed by atoms with E-state index in [0.29, 0.717) is 18.3 Å². The van der Waals surface area contributed by atoms with Crippen LogP contribution in [0, 0.1) is 12.7 Å². The van der Waals surface area contributed by atoms with Crippen molar-refractivity contribution in [2.75, 3.05) is 30.5 Å². The number of fused-ring (bicyclic) bond motifs is 1. The number of rotatable bonds is 8. The molecule has 3 heterocycles. The first-order chi connectivity index (χ1) is 18.8. The number of halogens is 1. The monoisotopic (exact) mass is 550 g/mol. The number of methoxy groups -OCH3 is 1. The molecule has 1 fully saturated rings. The number of aromatic nitrogens is 3. The van der Waals surface area contributed by atoms with E-state index < -0.39 is 11.7 Å². The molecule has 11 heteroatoms. The number of nitrogens with zero attached hydrogens (tertiary/aromatic N) is 4. The van der Waals surface area contributed by atoms with Crippen molar-refractivity contribution in [2.45, 2.75) is 45.3 Å². The molecule has 9 nitrogen and oxygen atoms in total. The average molecular weight is 551 g/mol. The lowest BCUT2D eigenvalue weighted by Gasteiger charge is -2.28. The number of carbonyl (C=O) groups is 1. The summed E-state index contributed by atoms with van der Waals surface area (Å²) < 4.78 is 20.9. The number of anilines is 2. The predicted octanol–water partition coefficient (Wildman–Crippen LogP) is 4.40. The van der Waals surface area contributed by atoms with Crippen molar-refractivity contribution in [2.24, 2.45) is 0 Å². The van der Waals surface area contributed by atoms with Gasteiger partial charge in [-0.25, -0.2) is 19.3 Å². The van der Waals surface area contributed by atoms with Crippen LogP contribution in [-0.2, 0) is 0 Å². The number of aliphatic hydroxyl groups excluding tert-OH is 1. The molecule has 39 heavy (non-hydrogen) atoms. The van der Waals surface area contributed by atoms with Gasteiger partial charge in [0.2, 0.25) is 0 Å². The van der Waals surface area contributed by atoms with Gasteiger partial charge in [0.1, 0.15) is 22.8 Å². The van der Waals surface area contributed by atoms with Gasteiger partial charge < -0.3 is 25.4 Å². The largest absolute Gasteiger partial charge is 0.496 e. The topological polar surface area (TPSA) is 112 Å². The smallest absolute Gasteiger partial charge is 0.274 e. The first-order valence-corrected chi connectivity index (χ1v) is 13.6. The summed E-state index contributed by atoms with van der Waals surface area (Å²) in [6.45, 7) is 6.78. The van der Waals surface area contributed by atoms with Gasteiger partial charge in [0.25, 0.3) is 5.91 Å². The van der Waals surface area contributed by atoms with Crippen LogP contribution < -0.4 is 20.3 Å². The maximum atomic E-state index is 14.7. The molecule has 3 N–H and O–H groups in total. The van der Waals surface area contributed by atoms with Crippen LogP contribution >= 0.6 is 11.3 Å². The number of hydrogen-bond donors (Lipinski definition) is 3. The van der Waals surface area contributed by atoms with Crippen LogP contribution in [0.4, 0.5) is 15.8 Å². The van der Waals surface area contributed by atoms with Crippen molar-refractivity contribution >= 4 is 38.8 Å². The Morgan fingerprint density at radius 2 is 2.08 bits per heavy atom. The van der Waals surface area contributed by atoms with Crippen molar-refractivity contribution < 1.29 is 19.0 Å². The fraction of sp³-hybridized carbons (Fsp3) is 0.357. The molecule has 2 atom stereocenters. The van der Waals surface area contributed by atoms with Gasteiger partial charge in [0, 0.05) is 24.8 Å². The Balaban J connectivity index is 1.52. The van der Waals surface area contributed by atoms with E-state index in [1.165, 1.54) is 31.5 Å². The Labute approximate surface area is 230 Å². The molecule has 2 aromatic heterocycles. The van der Waals surface area contributed by atoms with Gasteiger partial charge in [-0.15, -0.1) is 11.3 Å². The minimum atomic E-state index is -0.549. The van der Waals surface area contributed by atoms with Gasteiger partial charge in [-0.2, -0.15) is 0 Å². The molecule has 0 spiro atoms. The summed E-state index contributed by atoms with van der Waals surface area (Å²) in [7, 11) is 1.44. The second kappa shape index (κ2) is 11.2. The lowest BCUT2D eigenvalue weighted by atomic mass is 10.1. The molecular formula is C28H31FN6O3S. The number of aryl methyl sites for hydroxylation is 1. The number of hydrogen-bond acceptors (Lipinski definition) is 9. The molecule has 0 aliphatic carbocycles. The zero-order valence-electron chi connectivity index (χ0n) is 22.2. The van der Waals surface area contributed by atoms with Gasteiger partial charge in [-0.05, 0) is 43.7 Å². The van der Waals surface area contributed by atoms with Gasteiger partial charge in [0.05, 0.1) is 46.4 Å². The number of benzene rings is 2. The summed E-state index contributed by atoms with van der Waals surface area (Å²) >= 11 is 1.58. The molecule has 0 saturated carbocycles. The Kier molecular flexibility index (Phi) is 7.74. The van der Waals surface area contributed by atoms with Gasteiger partial charge in [0.15, 0.2) is 5.82 Å². The first kappa shape index (κ1) is 26.9. The molecule has 1 amide bonds. The van der Waals surface area contributed by atoms with Gasteiger partial charge in [-0.1, -0.05) is 19.9 Å². The predicted molar refractivity (Wildman–Crippen MR) is 151 cm³/mol. The van der Waals surface area contributed by atoms with E-state index in [1.54, 1.807) is 17.4 Å². The molecule has 4 aromatic rings. The summed E-state index contributed by atoms with van der Waals surface area (Å²) in [6.07, 6.45) is 2.18. The van der Waals surface area contributed by atoms with Crippen LogP contribution in [0.5, 0.6) is 5.75 Å². The highest BCUT2D eigenvalue weighted by molar-refractivity contribution is 7.18. The van der Waals surface area contributed by atoms with Crippen molar-refractivity contribution in [3.05, 3.63) is 59.1 Å². The SMILES string of the molecule is COc1cccc(F)c1-c1nccc(C(=O)Nc2ccc3sc(C)nc3c2N2C[C@H](NC(C)C)C[C@H]2CO)n1. The number of aliphatic hydroxyl groups is 1. The van der Waals surface area contributed by atoms with Gasteiger partial charge >= 0.3 is 0 Å². The summed E-state index contributed by atoms with van der Waals surface area (Å²) in [5.74, 6) is -0.705. The second-order valence-electron chi connectivity index (χ2n) is 9.82. The third kappa shape index (κ3) is 5.42. The van der Waals surface area contributed by atoms with Crippen molar-refractivity contribution in [1.82, 2.24) is 20.3 Å². The van der Waals surface area contributed by atoms with Crippen LogP contribution in [0.15, 0.2) is 42.6 Å². The highest BCUT2D eigenvalue weighted by atomic mass is 32.1.